The van der Waals surface area contributed by atoms with Gasteiger partial charge in [0.25, 0.3) is 0 Å². The molecule has 0 saturated heterocycles. The summed E-state index contributed by atoms with van der Waals surface area (Å²) in [6.07, 6.45) is -0.718. The van der Waals surface area contributed by atoms with Gasteiger partial charge in [-0.05, 0) is 30.5 Å². The summed E-state index contributed by atoms with van der Waals surface area (Å²) < 4.78 is 5.49. The van der Waals surface area contributed by atoms with Gasteiger partial charge < -0.3 is 20.3 Å². The Balaban J connectivity index is 2.56. The standard InChI is InChI=1S/C15H23NO4/c1-3-9-20-13-6-4-5-12(10-13)15(19)14(18)7-8-16-11(2)17/h4-6,10,14-15,18-19H,3,7-9H2,1-2H3,(H,16,17). The zero-order chi connectivity index (χ0) is 15.0. The van der Waals surface area contributed by atoms with E-state index in [-0.39, 0.29) is 5.91 Å². The van der Waals surface area contributed by atoms with Gasteiger partial charge in [0.2, 0.25) is 5.91 Å². The highest BCUT2D eigenvalue weighted by atomic mass is 16.5. The van der Waals surface area contributed by atoms with E-state index in [2.05, 4.69) is 5.32 Å². The third-order valence-corrected chi connectivity index (χ3v) is 2.85. The van der Waals surface area contributed by atoms with Crippen molar-refractivity contribution in [3.8, 4) is 5.75 Å². The van der Waals surface area contributed by atoms with Gasteiger partial charge in [0.05, 0.1) is 12.7 Å². The number of aliphatic hydroxyl groups excluding tert-OH is 2. The first-order valence-corrected chi connectivity index (χ1v) is 6.88. The van der Waals surface area contributed by atoms with Crippen LogP contribution in [0.1, 0.15) is 38.4 Å². The minimum atomic E-state index is -0.992. The van der Waals surface area contributed by atoms with E-state index in [1.165, 1.54) is 6.92 Å². The summed E-state index contributed by atoms with van der Waals surface area (Å²) >= 11 is 0. The molecule has 0 spiro atoms. The second-order valence-corrected chi connectivity index (χ2v) is 4.70. The van der Waals surface area contributed by atoms with Crippen LogP contribution in [-0.4, -0.2) is 35.4 Å². The van der Waals surface area contributed by atoms with Gasteiger partial charge in [-0.15, -0.1) is 0 Å². The summed E-state index contributed by atoms with van der Waals surface area (Å²) in [6.45, 7) is 4.38. The molecule has 0 fully saturated rings. The molecule has 0 aliphatic rings. The molecule has 0 bridgehead atoms. The fourth-order valence-electron chi connectivity index (χ4n) is 1.78. The highest BCUT2D eigenvalue weighted by molar-refractivity contribution is 5.72. The highest BCUT2D eigenvalue weighted by Crippen LogP contribution is 2.23. The predicted molar refractivity (Wildman–Crippen MR) is 76.5 cm³/mol. The minimum Gasteiger partial charge on any atom is -0.494 e. The van der Waals surface area contributed by atoms with Gasteiger partial charge in [-0.3, -0.25) is 4.79 Å². The van der Waals surface area contributed by atoms with Crippen molar-refractivity contribution in [3.63, 3.8) is 0 Å². The summed E-state index contributed by atoms with van der Waals surface area (Å²) in [7, 11) is 0. The summed E-state index contributed by atoms with van der Waals surface area (Å²) in [5, 5.41) is 22.6. The fourth-order valence-corrected chi connectivity index (χ4v) is 1.78. The molecule has 5 nitrogen and oxygen atoms in total. The van der Waals surface area contributed by atoms with Gasteiger partial charge in [0.1, 0.15) is 11.9 Å². The Morgan fingerprint density at radius 1 is 1.40 bits per heavy atom. The number of rotatable bonds is 8. The molecule has 0 aliphatic heterocycles. The largest absolute Gasteiger partial charge is 0.494 e. The second-order valence-electron chi connectivity index (χ2n) is 4.70. The first-order valence-electron chi connectivity index (χ1n) is 6.88. The molecule has 3 N–H and O–H groups in total. The lowest BCUT2D eigenvalue weighted by Gasteiger charge is -2.19. The third-order valence-electron chi connectivity index (χ3n) is 2.85. The van der Waals surface area contributed by atoms with Crippen LogP contribution in [0.5, 0.6) is 5.75 Å². The van der Waals surface area contributed by atoms with Crippen LogP contribution in [0.15, 0.2) is 24.3 Å². The lowest BCUT2D eigenvalue weighted by atomic mass is 10.0. The normalized spacial score (nSPS) is 13.6. The number of hydrogen-bond donors (Lipinski definition) is 3. The highest BCUT2D eigenvalue weighted by Gasteiger charge is 2.18. The number of benzene rings is 1. The average molecular weight is 281 g/mol. The number of hydrogen-bond acceptors (Lipinski definition) is 4. The van der Waals surface area contributed by atoms with Crippen LogP contribution < -0.4 is 10.1 Å². The van der Waals surface area contributed by atoms with Gasteiger partial charge in [-0.1, -0.05) is 19.1 Å². The number of amides is 1. The molecule has 5 heteroatoms. The molecule has 112 valence electrons. The number of carbonyl (C=O) groups excluding carboxylic acids is 1. The summed E-state index contributed by atoms with van der Waals surface area (Å²) in [6, 6.07) is 7.06. The maximum absolute atomic E-state index is 10.7. The first-order chi connectivity index (χ1) is 9.54. The van der Waals surface area contributed by atoms with Crippen molar-refractivity contribution < 1.29 is 19.7 Å². The molecule has 0 radical (unpaired) electrons. The Hall–Kier alpha value is -1.59. The minimum absolute atomic E-state index is 0.151. The van der Waals surface area contributed by atoms with E-state index in [1.807, 2.05) is 13.0 Å². The van der Waals surface area contributed by atoms with Crippen molar-refractivity contribution in [1.29, 1.82) is 0 Å². The number of carbonyl (C=O) groups is 1. The first kappa shape index (κ1) is 16.5. The average Bonchev–Trinajstić information content (AvgIpc) is 2.44. The van der Waals surface area contributed by atoms with Crippen LogP contribution in [0.2, 0.25) is 0 Å². The van der Waals surface area contributed by atoms with E-state index in [9.17, 15) is 15.0 Å². The van der Waals surface area contributed by atoms with Crippen LogP contribution >= 0.6 is 0 Å². The van der Waals surface area contributed by atoms with Gasteiger partial charge in [0, 0.05) is 13.5 Å². The lowest BCUT2D eigenvalue weighted by Crippen LogP contribution is -2.27. The quantitative estimate of drug-likeness (QED) is 0.673. The maximum Gasteiger partial charge on any atom is 0.216 e. The van der Waals surface area contributed by atoms with Gasteiger partial charge in [-0.25, -0.2) is 0 Å². The molecule has 1 aromatic rings. The molecular weight excluding hydrogens is 258 g/mol. The van der Waals surface area contributed by atoms with Crippen molar-refractivity contribution in [1.82, 2.24) is 5.32 Å². The van der Waals surface area contributed by atoms with Crippen molar-refractivity contribution in [2.24, 2.45) is 0 Å². The smallest absolute Gasteiger partial charge is 0.216 e. The number of ether oxygens (including phenoxy) is 1. The van der Waals surface area contributed by atoms with Crippen molar-refractivity contribution in [3.05, 3.63) is 29.8 Å². The number of aliphatic hydroxyl groups is 2. The molecule has 1 amide bonds. The predicted octanol–water partition coefficient (Wildman–Crippen LogP) is 1.40. The van der Waals surface area contributed by atoms with E-state index >= 15 is 0 Å². The molecular formula is C15H23NO4. The van der Waals surface area contributed by atoms with Crippen molar-refractivity contribution in [2.45, 2.75) is 38.9 Å². The molecule has 2 atom stereocenters. The molecule has 1 rings (SSSR count). The lowest BCUT2D eigenvalue weighted by molar-refractivity contribution is -0.119. The van der Waals surface area contributed by atoms with E-state index in [0.29, 0.717) is 30.9 Å². The SMILES string of the molecule is CCCOc1cccc(C(O)C(O)CCNC(C)=O)c1. The Kier molecular flexibility index (Phi) is 7.04. The van der Waals surface area contributed by atoms with Gasteiger partial charge in [0.15, 0.2) is 0 Å². The number of nitrogens with one attached hydrogen (secondary N) is 1. The van der Waals surface area contributed by atoms with Crippen LogP contribution in [-0.2, 0) is 4.79 Å². The maximum atomic E-state index is 10.7. The third kappa shape index (κ3) is 5.59. The van der Waals surface area contributed by atoms with E-state index in [1.54, 1.807) is 18.2 Å². The van der Waals surface area contributed by atoms with Gasteiger partial charge in [-0.2, -0.15) is 0 Å². The molecule has 0 saturated carbocycles. The topological polar surface area (TPSA) is 78.8 Å². The Labute approximate surface area is 119 Å². The Bertz CT molecular complexity index is 422. The molecule has 1 aromatic carbocycles. The summed E-state index contributed by atoms with van der Waals surface area (Å²) in [5.74, 6) is 0.527. The van der Waals surface area contributed by atoms with Crippen LogP contribution in [0, 0.1) is 0 Å². The molecule has 20 heavy (non-hydrogen) atoms. The monoisotopic (exact) mass is 281 g/mol. The Morgan fingerprint density at radius 2 is 2.15 bits per heavy atom. The van der Waals surface area contributed by atoms with E-state index < -0.39 is 12.2 Å². The van der Waals surface area contributed by atoms with Crippen LogP contribution in [0.3, 0.4) is 0 Å². The summed E-state index contributed by atoms with van der Waals surface area (Å²) in [5.41, 5.74) is 0.605. The van der Waals surface area contributed by atoms with Crippen LogP contribution in [0.4, 0.5) is 0 Å². The Morgan fingerprint density at radius 3 is 2.80 bits per heavy atom. The van der Waals surface area contributed by atoms with Crippen molar-refractivity contribution in [2.75, 3.05) is 13.2 Å². The molecule has 0 aliphatic carbocycles. The molecule has 0 aromatic heterocycles. The van der Waals surface area contributed by atoms with E-state index in [0.717, 1.165) is 6.42 Å². The molecule has 2 unspecified atom stereocenters. The summed E-state index contributed by atoms with van der Waals surface area (Å²) in [4.78, 5) is 10.7. The zero-order valence-corrected chi connectivity index (χ0v) is 12.0. The van der Waals surface area contributed by atoms with Crippen LogP contribution in [0.25, 0.3) is 0 Å². The van der Waals surface area contributed by atoms with Crippen molar-refractivity contribution >= 4 is 5.91 Å². The zero-order valence-electron chi connectivity index (χ0n) is 12.0. The van der Waals surface area contributed by atoms with E-state index in [4.69, 9.17) is 4.74 Å². The fraction of sp³-hybridized carbons (Fsp3) is 0.533. The second kappa shape index (κ2) is 8.55. The molecule has 0 heterocycles. The van der Waals surface area contributed by atoms with Gasteiger partial charge >= 0.3 is 0 Å².